The number of rotatable bonds is 3. The molecule has 0 aliphatic rings. The third kappa shape index (κ3) is 3.07. The average molecular weight is 199 g/mol. The molecule has 1 aromatic carbocycles. The lowest BCUT2D eigenvalue weighted by Crippen LogP contribution is -2.11. The Morgan fingerprint density at radius 1 is 1.46 bits per heavy atom. The van der Waals surface area contributed by atoms with Gasteiger partial charge in [-0.15, -0.1) is 0 Å². The van der Waals surface area contributed by atoms with Crippen LogP contribution in [0.25, 0.3) is 0 Å². The van der Waals surface area contributed by atoms with Gasteiger partial charge in [-0.25, -0.2) is 4.79 Å². The van der Waals surface area contributed by atoms with Gasteiger partial charge >= 0.3 is 5.97 Å². The number of benzene rings is 1. The van der Waals surface area contributed by atoms with Crippen LogP contribution in [-0.2, 0) is 4.74 Å². The SMILES string of the molecule is CCC(Cl)OC(=O)c1ccccc1. The van der Waals surface area contributed by atoms with Gasteiger partial charge in [0.15, 0.2) is 5.56 Å². The summed E-state index contributed by atoms with van der Waals surface area (Å²) < 4.78 is 4.91. The number of hydrogen-bond donors (Lipinski definition) is 0. The molecular formula is C10H11ClO2. The molecule has 0 aromatic heterocycles. The average Bonchev–Trinajstić information content (AvgIpc) is 2.19. The zero-order valence-electron chi connectivity index (χ0n) is 7.37. The third-order valence-electron chi connectivity index (χ3n) is 1.57. The highest BCUT2D eigenvalue weighted by Crippen LogP contribution is 2.08. The number of carbonyl (C=O) groups is 1. The zero-order chi connectivity index (χ0) is 9.68. The fourth-order valence-electron chi connectivity index (χ4n) is 0.842. The first kappa shape index (κ1) is 10.1. The summed E-state index contributed by atoms with van der Waals surface area (Å²) in [4.78, 5) is 11.3. The smallest absolute Gasteiger partial charge is 0.339 e. The normalized spacial score (nSPS) is 12.2. The van der Waals surface area contributed by atoms with Gasteiger partial charge in [-0.1, -0.05) is 36.7 Å². The van der Waals surface area contributed by atoms with Crippen LogP contribution in [0.4, 0.5) is 0 Å². The van der Waals surface area contributed by atoms with E-state index in [4.69, 9.17) is 16.3 Å². The maximum absolute atomic E-state index is 11.3. The summed E-state index contributed by atoms with van der Waals surface area (Å²) in [6, 6.07) is 8.80. The Morgan fingerprint density at radius 3 is 2.62 bits per heavy atom. The number of carbonyl (C=O) groups excluding carboxylic acids is 1. The summed E-state index contributed by atoms with van der Waals surface area (Å²) in [5.41, 5.74) is -0.00527. The Bertz CT molecular complexity index is 272. The van der Waals surface area contributed by atoms with Crippen molar-refractivity contribution < 1.29 is 9.53 Å². The Balaban J connectivity index is 2.59. The van der Waals surface area contributed by atoms with E-state index in [0.29, 0.717) is 12.0 Å². The molecule has 0 aliphatic carbocycles. The largest absolute Gasteiger partial charge is 0.442 e. The maximum atomic E-state index is 11.3. The Morgan fingerprint density at radius 2 is 2.08 bits per heavy atom. The molecule has 0 saturated heterocycles. The van der Waals surface area contributed by atoms with Crippen molar-refractivity contribution in [2.24, 2.45) is 0 Å². The first-order valence-corrected chi connectivity index (χ1v) is 4.57. The van der Waals surface area contributed by atoms with Crippen molar-refractivity contribution in [3.8, 4) is 0 Å². The molecule has 0 radical (unpaired) electrons. The molecular weight excluding hydrogens is 188 g/mol. The van der Waals surface area contributed by atoms with E-state index >= 15 is 0 Å². The van der Waals surface area contributed by atoms with E-state index in [-0.39, 0.29) is 5.97 Å². The monoisotopic (exact) mass is 198 g/mol. The van der Waals surface area contributed by atoms with E-state index in [2.05, 4.69) is 0 Å². The van der Waals surface area contributed by atoms with Crippen LogP contribution in [-0.4, -0.2) is 11.5 Å². The Kier molecular flexibility index (Phi) is 3.77. The number of ether oxygens (including phenoxy) is 1. The van der Waals surface area contributed by atoms with E-state index in [1.54, 1.807) is 24.3 Å². The minimum atomic E-state index is -0.535. The van der Waals surface area contributed by atoms with Crippen LogP contribution in [0.15, 0.2) is 30.3 Å². The summed E-state index contributed by atoms with van der Waals surface area (Å²) in [7, 11) is 0. The van der Waals surface area contributed by atoms with Crippen LogP contribution in [0.3, 0.4) is 0 Å². The van der Waals surface area contributed by atoms with Crippen LogP contribution in [0.1, 0.15) is 23.7 Å². The second kappa shape index (κ2) is 4.87. The lowest BCUT2D eigenvalue weighted by atomic mass is 10.2. The van der Waals surface area contributed by atoms with Crippen LogP contribution in [0.2, 0.25) is 0 Å². The van der Waals surface area contributed by atoms with Crippen molar-refractivity contribution in [3.05, 3.63) is 35.9 Å². The molecule has 3 heteroatoms. The van der Waals surface area contributed by atoms with Gasteiger partial charge in [0.25, 0.3) is 0 Å². The van der Waals surface area contributed by atoms with Gasteiger partial charge in [0.05, 0.1) is 5.56 Å². The second-order valence-electron chi connectivity index (χ2n) is 2.59. The Hall–Kier alpha value is -1.02. The van der Waals surface area contributed by atoms with Crippen LogP contribution >= 0.6 is 11.6 Å². The van der Waals surface area contributed by atoms with Gasteiger partial charge in [0.2, 0.25) is 0 Å². The molecule has 1 aromatic rings. The highest BCUT2D eigenvalue weighted by atomic mass is 35.5. The summed E-state index contributed by atoms with van der Waals surface area (Å²) in [6.07, 6.45) is 0.611. The molecule has 0 heterocycles. The predicted octanol–water partition coefficient (Wildman–Crippen LogP) is 2.82. The number of halogens is 1. The van der Waals surface area contributed by atoms with Crippen molar-refractivity contribution in [1.29, 1.82) is 0 Å². The van der Waals surface area contributed by atoms with Gasteiger partial charge in [0, 0.05) is 0 Å². The van der Waals surface area contributed by atoms with Gasteiger partial charge in [-0.3, -0.25) is 0 Å². The summed E-state index contributed by atoms with van der Waals surface area (Å²) >= 11 is 5.67. The molecule has 0 saturated carbocycles. The summed E-state index contributed by atoms with van der Waals surface area (Å²) in [5.74, 6) is -0.373. The number of esters is 1. The molecule has 2 nitrogen and oxygen atoms in total. The fraction of sp³-hybridized carbons (Fsp3) is 0.300. The molecule has 1 unspecified atom stereocenters. The van der Waals surface area contributed by atoms with Crippen molar-refractivity contribution in [2.45, 2.75) is 18.9 Å². The van der Waals surface area contributed by atoms with E-state index in [1.165, 1.54) is 0 Å². The quantitative estimate of drug-likeness (QED) is 0.552. The molecule has 13 heavy (non-hydrogen) atoms. The molecule has 0 N–H and O–H groups in total. The predicted molar refractivity (Wildman–Crippen MR) is 51.8 cm³/mol. The minimum absolute atomic E-state index is 0.373. The van der Waals surface area contributed by atoms with Crippen molar-refractivity contribution >= 4 is 17.6 Å². The van der Waals surface area contributed by atoms with Gasteiger partial charge in [-0.05, 0) is 18.6 Å². The van der Waals surface area contributed by atoms with E-state index in [0.717, 1.165) is 0 Å². The molecule has 0 spiro atoms. The summed E-state index contributed by atoms with van der Waals surface area (Å²) in [6.45, 7) is 1.86. The first-order chi connectivity index (χ1) is 6.24. The zero-order valence-corrected chi connectivity index (χ0v) is 8.12. The number of alkyl halides is 1. The lowest BCUT2D eigenvalue weighted by molar-refractivity contribution is 0.0443. The van der Waals surface area contributed by atoms with E-state index in [1.807, 2.05) is 13.0 Å². The van der Waals surface area contributed by atoms with E-state index in [9.17, 15) is 4.79 Å². The highest BCUT2D eigenvalue weighted by molar-refractivity contribution is 6.20. The molecule has 0 bridgehead atoms. The van der Waals surface area contributed by atoms with Crippen molar-refractivity contribution in [1.82, 2.24) is 0 Å². The molecule has 1 rings (SSSR count). The van der Waals surface area contributed by atoms with Crippen molar-refractivity contribution in [3.63, 3.8) is 0 Å². The maximum Gasteiger partial charge on any atom is 0.339 e. The third-order valence-corrected chi connectivity index (χ3v) is 1.96. The second-order valence-corrected chi connectivity index (χ2v) is 3.08. The molecule has 0 aliphatic heterocycles. The molecule has 0 fully saturated rings. The molecule has 0 amide bonds. The van der Waals surface area contributed by atoms with Gasteiger partial charge in [-0.2, -0.15) is 0 Å². The van der Waals surface area contributed by atoms with Crippen LogP contribution in [0, 0.1) is 0 Å². The van der Waals surface area contributed by atoms with Crippen molar-refractivity contribution in [2.75, 3.05) is 0 Å². The Labute approximate surface area is 82.5 Å². The first-order valence-electron chi connectivity index (χ1n) is 4.14. The lowest BCUT2D eigenvalue weighted by Gasteiger charge is -2.08. The van der Waals surface area contributed by atoms with Gasteiger partial charge < -0.3 is 4.74 Å². The minimum Gasteiger partial charge on any atom is -0.442 e. The van der Waals surface area contributed by atoms with Gasteiger partial charge in [0.1, 0.15) is 0 Å². The highest BCUT2D eigenvalue weighted by Gasteiger charge is 2.10. The number of hydrogen-bond acceptors (Lipinski definition) is 2. The van der Waals surface area contributed by atoms with Crippen LogP contribution < -0.4 is 0 Å². The summed E-state index contributed by atoms with van der Waals surface area (Å²) in [5, 5.41) is 0. The fourth-order valence-corrected chi connectivity index (χ4v) is 0.923. The molecule has 1 atom stereocenters. The van der Waals surface area contributed by atoms with Crippen LogP contribution in [0.5, 0.6) is 0 Å². The topological polar surface area (TPSA) is 26.3 Å². The van der Waals surface area contributed by atoms with E-state index < -0.39 is 5.56 Å². The molecule has 70 valence electrons. The standard InChI is InChI=1S/C10H11ClO2/c1-2-9(11)13-10(12)8-6-4-3-5-7-8/h3-7,9H,2H2,1H3.